The molecule has 5 N–H and O–H groups in total. The van der Waals surface area contributed by atoms with Crippen molar-refractivity contribution >= 4 is 5.84 Å². The highest BCUT2D eigenvalue weighted by Gasteiger charge is 2.24. The second kappa shape index (κ2) is 10.2. The molecule has 0 saturated carbocycles. The molecule has 11 heteroatoms. The van der Waals surface area contributed by atoms with E-state index in [2.05, 4.69) is 20.1 Å². The van der Waals surface area contributed by atoms with E-state index in [9.17, 15) is 9.90 Å². The summed E-state index contributed by atoms with van der Waals surface area (Å²) in [6, 6.07) is 12.5. The summed E-state index contributed by atoms with van der Waals surface area (Å²) in [4.78, 5) is 23.8. The predicted molar refractivity (Wildman–Crippen MR) is 128 cm³/mol. The largest absolute Gasteiger partial charge is 0.493 e. The molecule has 4 aromatic rings. The summed E-state index contributed by atoms with van der Waals surface area (Å²) in [5.74, 6) is 0.953. The molecular weight excluding hydrogens is 450 g/mol. The molecular formula is C24H25N7O4. The minimum absolute atomic E-state index is 0.0217. The van der Waals surface area contributed by atoms with Crippen LogP contribution in [-0.2, 0) is 13.0 Å². The van der Waals surface area contributed by atoms with Crippen molar-refractivity contribution in [2.24, 2.45) is 5.73 Å². The summed E-state index contributed by atoms with van der Waals surface area (Å²) >= 11 is 0. The number of hydrogen-bond acceptors (Lipinski definition) is 8. The zero-order valence-corrected chi connectivity index (χ0v) is 19.2. The number of aromatic amines is 1. The van der Waals surface area contributed by atoms with Crippen molar-refractivity contribution in [3.05, 3.63) is 93.4 Å². The van der Waals surface area contributed by atoms with Crippen molar-refractivity contribution in [3.8, 4) is 17.4 Å². The Morgan fingerprint density at radius 2 is 1.89 bits per heavy atom. The van der Waals surface area contributed by atoms with Gasteiger partial charge in [0.15, 0.2) is 11.5 Å². The summed E-state index contributed by atoms with van der Waals surface area (Å²) in [7, 11) is 3.02. The van der Waals surface area contributed by atoms with Gasteiger partial charge in [0.05, 0.1) is 20.8 Å². The summed E-state index contributed by atoms with van der Waals surface area (Å²) in [6.07, 6.45) is 3.50. The molecule has 2 heterocycles. The molecule has 0 fully saturated rings. The van der Waals surface area contributed by atoms with Gasteiger partial charge in [-0.25, -0.2) is 14.8 Å². The Labute approximate surface area is 200 Å². The first-order valence-corrected chi connectivity index (χ1v) is 10.7. The number of methoxy groups -OCH3 is 2. The lowest BCUT2D eigenvalue weighted by atomic mass is 9.89. The van der Waals surface area contributed by atoms with Crippen LogP contribution in [0.4, 0.5) is 0 Å². The van der Waals surface area contributed by atoms with E-state index in [0.29, 0.717) is 34.9 Å². The number of nitrogens with zero attached hydrogens (tertiary/aromatic N) is 4. The number of benzene rings is 2. The maximum atomic E-state index is 12.7. The van der Waals surface area contributed by atoms with Crippen LogP contribution in [0.15, 0.2) is 59.7 Å². The Bertz CT molecular complexity index is 1360. The average Bonchev–Trinajstić information content (AvgIpc) is 3.28. The van der Waals surface area contributed by atoms with Crippen LogP contribution >= 0.6 is 0 Å². The Morgan fingerprint density at radius 1 is 1.17 bits per heavy atom. The van der Waals surface area contributed by atoms with Crippen molar-refractivity contribution in [3.63, 3.8) is 0 Å². The van der Waals surface area contributed by atoms with Gasteiger partial charge in [0.25, 0.3) is 5.95 Å². The molecule has 0 bridgehead atoms. The Hall–Kier alpha value is -4.51. The van der Waals surface area contributed by atoms with Crippen LogP contribution in [-0.4, -0.2) is 49.9 Å². The predicted octanol–water partition coefficient (Wildman–Crippen LogP) is 1.52. The van der Waals surface area contributed by atoms with Gasteiger partial charge in [-0.15, -0.1) is 9.78 Å². The molecule has 0 amide bonds. The van der Waals surface area contributed by atoms with E-state index in [1.807, 2.05) is 12.1 Å². The topological polar surface area (TPSA) is 165 Å². The molecule has 4 rings (SSSR count). The third-order valence-corrected chi connectivity index (χ3v) is 5.56. The van der Waals surface area contributed by atoms with Gasteiger partial charge in [0.2, 0.25) is 0 Å². The van der Waals surface area contributed by atoms with E-state index in [0.717, 1.165) is 15.8 Å². The molecule has 11 nitrogen and oxygen atoms in total. The maximum Gasteiger partial charge on any atom is 0.350 e. The number of rotatable bonds is 9. The molecule has 1 atom stereocenters. The third-order valence-electron chi connectivity index (χ3n) is 5.56. The van der Waals surface area contributed by atoms with E-state index in [4.69, 9.17) is 20.6 Å². The van der Waals surface area contributed by atoms with Gasteiger partial charge in [-0.3, -0.25) is 10.4 Å². The van der Waals surface area contributed by atoms with Crippen molar-refractivity contribution in [1.82, 2.24) is 24.7 Å². The van der Waals surface area contributed by atoms with Gasteiger partial charge in [0, 0.05) is 29.4 Å². The van der Waals surface area contributed by atoms with Crippen molar-refractivity contribution in [1.29, 1.82) is 5.41 Å². The van der Waals surface area contributed by atoms with Gasteiger partial charge in [-0.1, -0.05) is 24.3 Å². The summed E-state index contributed by atoms with van der Waals surface area (Å²) in [5.41, 5.74) is 7.92. The quantitative estimate of drug-likeness (QED) is 0.209. The first-order valence-electron chi connectivity index (χ1n) is 10.7. The van der Waals surface area contributed by atoms with E-state index >= 15 is 0 Å². The number of hydrogen-bond donors (Lipinski definition) is 4. The lowest BCUT2D eigenvalue weighted by molar-refractivity contribution is 0.269. The maximum absolute atomic E-state index is 12.7. The van der Waals surface area contributed by atoms with Gasteiger partial charge >= 0.3 is 5.69 Å². The van der Waals surface area contributed by atoms with Crippen LogP contribution < -0.4 is 20.9 Å². The molecule has 180 valence electrons. The van der Waals surface area contributed by atoms with Crippen LogP contribution in [0.1, 0.15) is 34.0 Å². The van der Waals surface area contributed by atoms with E-state index in [1.54, 1.807) is 30.3 Å². The highest BCUT2D eigenvalue weighted by molar-refractivity contribution is 5.94. The Morgan fingerprint density at radius 3 is 2.49 bits per heavy atom. The highest BCUT2D eigenvalue weighted by Crippen LogP contribution is 2.37. The summed E-state index contributed by atoms with van der Waals surface area (Å²) in [5, 5.41) is 22.1. The Balaban J connectivity index is 1.83. The van der Waals surface area contributed by atoms with Crippen LogP contribution in [0.25, 0.3) is 5.95 Å². The molecule has 0 aliphatic rings. The highest BCUT2D eigenvalue weighted by atomic mass is 16.5. The Kier molecular flexibility index (Phi) is 6.88. The fourth-order valence-electron chi connectivity index (χ4n) is 3.85. The van der Waals surface area contributed by atoms with Crippen LogP contribution in [0.2, 0.25) is 0 Å². The van der Waals surface area contributed by atoms with E-state index in [-0.39, 0.29) is 18.4 Å². The number of nitrogens with two attached hydrogens (primary N) is 1. The first kappa shape index (κ1) is 23.6. The lowest BCUT2D eigenvalue weighted by Gasteiger charge is -2.19. The number of ether oxygens (including phenoxy) is 2. The zero-order chi connectivity index (χ0) is 24.9. The normalized spacial score (nSPS) is 11.7. The smallest absolute Gasteiger partial charge is 0.350 e. The summed E-state index contributed by atoms with van der Waals surface area (Å²) < 4.78 is 12.0. The monoisotopic (exact) mass is 475 g/mol. The fraction of sp³-hybridized carbons (Fsp3) is 0.208. The second-order valence-corrected chi connectivity index (χ2v) is 7.72. The van der Waals surface area contributed by atoms with Gasteiger partial charge < -0.3 is 20.3 Å². The minimum atomic E-state index is -0.481. The average molecular weight is 476 g/mol. The number of aliphatic hydroxyl groups excluding tert-OH is 1. The van der Waals surface area contributed by atoms with Crippen molar-refractivity contribution < 1.29 is 14.6 Å². The molecule has 0 aliphatic heterocycles. The third kappa shape index (κ3) is 4.89. The number of H-pyrrole nitrogens is 1. The van der Waals surface area contributed by atoms with Crippen molar-refractivity contribution in [2.75, 3.05) is 14.2 Å². The number of nitrogen functional groups attached to an aromatic ring is 1. The van der Waals surface area contributed by atoms with Crippen LogP contribution in [0.3, 0.4) is 0 Å². The molecule has 0 aliphatic carbocycles. The van der Waals surface area contributed by atoms with Gasteiger partial charge in [0.1, 0.15) is 11.7 Å². The SMILES string of the molecule is COc1cc(C(Cc2ccc(C(=N)N)cc2)c2nn(-c3ncccn3)c(=O)[nH]2)cc(CO)c1OC. The van der Waals surface area contributed by atoms with E-state index in [1.165, 1.54) is 26.6 Å². The number of aliphatic hydroxyl groups is 1. The first-order chi connectivity index (χ1) is 16.9. The molecule has 0 radical (unpaired) electrons. The second-order valence-electron chi connectivity index (χ2n) is 7.72. The lowest BCUT2D eigenvalue weighted by Crippen LogP contribution is -2.18. The number of aromatic nitrogens is 5. The molecule has 2 aromatic heterocycles. The van der Waals surface area contributed by atoms with Crippen molar-refractivity contribution in [2.45, 2.75) is 18.9 Å². The molecule has 0 spiro atoms. The van der Waals surface area contributed by atoms with Gasteiger partial charge in [-0.05, 0) is 35.7 Å². The number of amidine groups is 1. The molecule has 2 aromatic carbocycles. The summed E-state index contributed by atoms with van der Waals surface area (Å²) in [6.45, 7) is -0.268. The number of nitrogens with one attached hydrogen (secondary N) is 2. The molecule has 35 heavy (non-hydrogen) atoms. The molecule has 1 unspecified atom stereocenters. The van der Waals surface area contributed by atoms with Gasteiger partial charge in [-0.2, -0.15) is 0 Å². The minimum Gasteiger partial charge on any atom is -0.493 e. The van der Waals surface area contributed by atoms with E-state index < -0.39 is 11.6 Å². The fourth-order valence-corrected chi connectivity index (χ4v) is 3.85. The van der Waals surface area contributed by atoms with Crippen LogP contribution in [0.5, 0.6) is 11.5 Å². The zero-order valence-electron chi connectivity index (χ0n) is 19.2. The van der Waals surface area contributed by atoms with Crippen LogP contribution in [0, 0.1) is 5.41 Å². The standard InChI is InChI=1S/C24H25N7O4/c1-34-19-12-16(11-17(13-32)20(19)35-2)18(10-14-4-6-15(7-5-14)21(25)26)22-29-24(33)31(30-22)23-27-8-3-9-28-23/h3-9,11-12,18,32H,10,13H2,1-2H3,(H3,25,26)(H,29,30,33). The molecule has 0 saturated heterocycles.